The summed E-state index contributed by atoms with van der Waals surface area (Å²) in [6.07, 6.45) is 1.50. The molecule has 0 unspecified atom stereocenters. The number of likely N-dealkylation sites (tertiary alicyclic amines) is 1. The molecule has 1 heterocycles. The van der Waals surface area contributed by atoms with Crippen LogP contribution < -0.4 is 5.73 Å². The summed E-state index contributed by atoms with van der Waals surface area (Å²) in [7, 11) is 0. The smallest absolute Gasteiger partial charge is 0.227 e. The molecule has 3 rings (SSSR count). The van der Waals surface area contributed by atoms with Crippen LogP contribution in [0.5, 0.6) is 0 Å². The van der Waals surface area contributed by atoms with Crippen molar-refractivity contribution in [1.82, 2.24) is 4.90 Å². The third-order valence-electron chi connectivity index (χ3n) is 5.11. The lowest BCUT2D eigenvalue weighted by Crippen LogP contribution is -2.31. The Hall–Kier alpha value is -1.84. The van der Waals surface area contributed by atoms with Gasteiger partial charge in [0.2, 0.25) is 5.91 Å². The zero-order chi connectivity index (χ0) is 16.9. The second-order valence-corrected chi connectivity index (χ2v) is 6.66. The molecule has 0 saturated carbocycles. The molecule has 2 N–H and O–H groups in total. The fourth-order valence-electron chi connectivity index (χ4n) is 3.57. The minimum Gasteiger partial charge on any atom is -0.341 e. The summed E-state index contributed by atoms with van der Waals surface area (Å²) in [5, 5.41) is 0. The van der Waals surface area contributed by atoms with Crippen LogP contribution in [0.3, 0.4) is 0 Å². The molecule has 0 spiro atoms. The predicted octanol–water partition coefficient (Wildman–Crippen LogP) is 3.41. The molecule has 3 nitrogen and oxygen atoms in total. The second kappa shape index (κ2) is 9.02. The van der Waals surface area contributed by atoms with Gasteiger partial charge in [0.15, 0.2) is 0 Å². The third kappa shape index (κ3) is 4.62. The Morgan fingerprint density at radius 3 is 2.28 bits per heavy atom. The minimum absolute atomic E-state index is 0. The highest BCUT2D eigenvalue weighted by molar-refractivity contribution is 5.85. The summed E-state index contributed by atoms with van der Waals surface area (Å²) in [5.74, 6) is 0.901. The van der Waals surface area contributed by atoms with Gasteiger partial charge in [-0.1, -0.05) is 61.5 Å². The molecule has 1 amide bonds. The Bertz CT molecular complexity index is 672. The number of hydrogen-bond acceptors (Lipinski definition) is 2. The summed E-state index contributed by atoms with van der Waals surface area (Å²) in [4.78, 5) is 14.7. The lowest BCUT2D eigenvalue weighted by Gasteiger charge is -2.17. The van der Waals surface area contributed by atoms with Gasteiger partial charge in [-0.05, 0) is 35.6 Å². The van der Waals surface area contributed by atoms with Crippen LogP contribution >= 0.6 is 12.4 Å². The van der Waals surface area contributed by atoms with Gasteiger partial charge in [0.25, 0.3) is 0 Å². The third-order valence-corrected chi connectivity index (χ3v) is 5.11. The number of hydrogen-bond donors (Lipinski definition) is 1. The predicted molar refractivity (Wildman–Crippen MR) is 105 cm³/mol. The van der Waals surface area contributed by atoms with Gasteiger partial charge in [0.05, 0.1) is 6.42 Å². The minimum atomic E-state index is 0. The van der Waals surface area contributed by atoms with Gasteiger partial charge in [0, 0.05) is 19.0 Å². The number of carbonyl (C=O) groups excluding carboxylic acids is 1. The molecule has 1 fully saturated rings. The highest BCUT2D eigenvalue weighted by atomic mass is 35.5. The molecule has 1 saturated heterocycles. The standard InChI is InChI=1S/C21H26N2O.ClH/c1-2-16-8-10-17(11-9-16)12-21(24)23-14-19(13-22)20(15-23)18-6-4-3-5-7-18;/h3-11,19-20H,2,12-15,22H2,1H3;1H/t19-,20+;/m1./s1. The number of carbonyl (C=O) groups is 1. The van der Waals surface area contributed by atoms with Crippen molar-refractivity contribution in [1.29, 1.82) is 0 Å². The first-order valence-corrected chi connectivity index (χ1v) is 8.82. The Morgan fingerprint density at radius 1 is 1.04 bits per heavy atom. The quantitative estimate of drug-likeness (QED) is 0.890. The normalized spacial score (nSPS) is 19.5. The van der Waals surface area contributed by atoms with Crippen molar-refractivity contribution in [2.24, 2.45) is 11.7 Å². The van der Waals surface area contributed by atoms with Gasteiger partial charge in [-0.2, -0.15) is 0 Å². The summed E-state index contributed by atoms with van der Waals surface area (Å²) in [6, 6.07) is 18.8. The number of nitrogens with zero attached hydrogens (tertiary/aromatic N) is 1. The van der Waals surface area contributed by atoms with Crippen molar-refractivity contribution in [2.75, 3.05) is 19.6 Å². The molecule has 2 atom stereocenters. The maximum absolute atomic E-state index is 12.7. The Kier molecular flexibility index (Phi) is 7.03. The van der Waals surface area contributed by atoms with E-state index in [2.05, 4.69) is 55.5 Å². The molecule has 0 bridgehead atoms. The number of amides is 1. The molecule has 2 aromatic rings. The van der Waals surface area contributed by atoms with Crippen LogP contribution in [0.4, 0.5) is 0 Å². The molecule has 1 aliphatic rings. The van der Waals surface area contributed by atoms with E-state index in [0.717, 1.165) is 25.1 Å². The van der Waals surface area contributed by atoms with Gasteiger partial charge in [-0.15, -0.1) is 12.4 Å². The molecule has 2 aromatic carbocycles. The van der Waals surface area contributed by atoms with E-state index in [4.69, 9.17) is 5.73 Å². The van der Waals surface area contributed by atoms with Gasteiger partial charge in [0.1, 0.15) is 0 Å². The Morgan fingerprint density at radius 2 is 1.68 bits per heavy atom. The van der Waals surface area contributed by atoms with E-state index >= 15 is 0 Å². The van der Waals surface area contributed by atoms with Crippen LogP contribution in [0.15, 0.2) is 54.6 Å². The molecule has 1 aliphatic heterocycles. The lowest BCUT2D eigenvalue weighted by atomic mass is 9.89. The molecule has 0 radical (unpaired) electrons. The molecule has 4 heteroatoms. The number of rotatable bonds is 5. The number of nitrogens with two attached hydrogens (primary N) is 1. The zero-order valence-electron chi connectivity index (χ0n) is 14.7. The van der Waals surface area contributed by atoms with E-state index in [1.54, 1.807) is 0 Å². The van der Waals surface area contributed by atoms with Gasteiger partial charge in [-0.25, -0.2) is 0 Å². The Labute approximate surface area is 156 Å². The maximum Gasteiger partial charge on any atom is 0.227 e. The Balaban J connectivity index is 0.00000225. The summed E-state index contributed by atoms with van der Waals surface area (Å²) in [6.45, 7) is 4.30. The van der Waals surface area contributed by atoms with E-state index in [-0.39, 0.29) is 18.3 Å². The van der Waals surface area contributed by atoms with Gasteiger partial charge >= 0.3 is 0 Å². The van der Waals surface area contributed by atoms with Crippen LogP contribution in [-0.2, 0) is 17.6 Å². The van der Waals surface area contributed by atoms with Gasteiger partial charge < -0.3 is 10.6 Å². The first-order chi connectivity index (χ1) is 11.7. The van der Waals surface area contributed by atoms with Crippen molar-refractivity contribution < 1.29 is 4.79 Å². The van der Waals surface area contributed by atoms with Crippen molar-refractivity contribution in [3.8, 4) is 0 Å². The van der Waals surface area contributed by atoms with E-state index in [1.165, 1.54) is 11.1 Å². The first kappa shape index (κ1) is 19.5. The highest BCUT2D eigenvalue weighted by Gasteiger charge is 2.34. The summed E-state index contributed by atoms with van der Waals surface area (Å²) < 4.78 is 0. The zero-order valence-corrected chi connectivity index (χ0v) is 15.5. The van der Waals surface area contributed by atoms with Crippen molar-refractivity contribution in [3.05, 3.63) is 71.3 Å². The van der Waals surface area contributed by atoms with E-state index in [9.17, 15) is 4.79 Å². The maximum atomic E-state index is 12.7. The monoisotopic (exact) mass is 358 g/mol. The average molecular weight is 359 g/mol. The van der Waals surface area contributed by atoms with Crippen LogP contribution in [0.1, 0.15) is 29.5 Å². The molecule has 0 aromatic heterocycles. The number of aryl methyl sites for hydroxylation is 1. The number of halogens is 1. The molecular weight excluding hydrogens is 332 g/mol. The van der Waals surface area contributed by atoms with Crippen LogP contribution in [0.2, 0.25) is 0 Å². The number of benzene rings is 2. The highest BCUT2D eigenvalue weighted by Crippen LogP contribution is 2.32. The van der Waals surface area contributed by atoms with Crippen molar-refractivity contribution >= 4 is 18.3 Å². The molecule has 0 aliphatic carbocycles. The fourth-order valence-corrected chi connectivity index (χ4v) is 3.57. The summed E-state index contributed by atoms with van der Waals surface area (Å²) >= 11 is 0. The van der Waals surface area contributed by atoms with Crippen molar-refractivity contribution in [2.45, 2.75) is 25.7 Å². The van der Waals surface area contributed by atoms with Crippen molar-refractivity contribution in [3.63, 3.8) is 0 Å². The SMILES string of the molecule is CCc1ccc(CC(=O)N2C[C@@H](CN)[C@H](c3ccccc3)C2)cc1.Cl. The van der Waals surface area contributed by atoms with E-state index in [0.29, 0.717) is 24.8 Å². The van der Waals surface area contributed by atoms with Crippen LogP contribution in [0, 0.1) is 5.92 Å². The lowest BCUT2D eigenvalue weighted by molar-refractivity contribution is -0.129. The average Bonchev–Trinajstić information content (AvgIpc) is 3.08. The van der Waals surface area contributed by atoms with Crippen LogP contribution in [0.25, 0.3) is 0 Å². The first-order valence-electron chi connectivity index (χ1n) is 8.82. The molecular formula is C21H27ClN2O. The van der Waals surface area contributed by atoms with Crippen LogP contribution in [-0.4, -0.2) is 30.4 Å². The topological polar surface area (TPSA) is 46.3 Å². The van der Waals surface area contributed by atoms with Gasteiger partial charge in [-0.3, -0.25) is 4.79 Å². The second-order valence-electron chi connectivity index (χ2n) is 6.66. The van der Waals surface area contributed by atoms with E-state index < -0.39 is 0 Å². The largest absolute Gasteiger partial charge is 0.341 e. The fraction of sp³-hybridized carbons (Fsp3) is 0.381. The molecule has 25 heavy (non-hydrogen) atoms. The van der Waals surface area contributed by atoms with E-state index in [1.807, 2.05) is 11.0 Å². The summed E-state index contributed by atoms with van der Waals surface area (Å²) in [5.41, 5.74) is 9.65. The molecule has 134 valence electrons.